The molecule has 0 aromatic carbocycles. The molecule has 0 spiro atoms. The SMILES string of the molecule is COCC1(C(=O)O)CCCN1C(=O)c1cc[nH]c1. The molecule has 1 amide bonds. The minimum absolute atomic E-state index is 0.0124. The van der Waals surface area contributed by atoms with Crippen LogP contribution >= 0.6 is 0 Å². The van der Waals surface area contributed by atoms with E-state index in [0.29, 0.717) is 24.9 Å². The Labute approximate surface area is 105 Å². The Morgan fingerprint density at radius 3 is 2.94 bits per heavy atom. The van der Waals surface area contributed by atoms with Crippen LogP contribution in [0.25, 0.3) is 0 Å². The molecule has 2 rings (SSSR count). The highest BCUT2D eigenvalue weighted by molar-refractivity contribution is 5.98. The van der Waals surface area contributed by atoms with Gasteiger partial charge in [-0.1, -0.05) is 0 Å². The second kappa shape index (κ2) is 4.81. The van der Waals surface area contributed by atoms with Crippen molar-refractivity contribution in [2.75, 3.05) is 20.3 Å². The number of rotatable bonds is 4. The molecule has 18 heavy (non-hydrogen) atoms. The fourth-order valence-corrected chi connectivity index (χ4v) is 2.46. The zero-order chi connectivity index (χ0) is 13.2. The van der Waals surface area contributed by atoms with E-state index in [1.54, 1.807) is 18.5 Å². The van der Waals surface area contributed by atoms with Gasteiger partial charge in [0.15, 0.2) is 5.54 Å². The summed E-state index contributed by atoms with van der Waals surface area (Å²) >= 11 is 0. The van der Waals surface area contributed by atoms with Gasteiger partial charge in [0, 0.05) is 26.0 Å². The summed E-state index contributed by atoms with van der Waals surface area (Å²) in [7, 11) is 1.45. The second-order valence-electron chi connectivity index (χ2n) is 4.43. The lowest BCUT2D eigenvalue weighted by Crippen LogP contribution is -2.56. The van der Waals surface area contributed by atoms with Crippen LogP contribution in [-0.4, -0.2) is 52.7 Å². The molecule has 0 radical (unpaired) electrons. The molecule has 1 aliphatic heterocycles. The normalized spacial score (nSPS) is 23.3. The molecule has 6 nitrogen and oxygen atoms in total. The van der Waals surface area contributed by atoms with Crippen LogP contribution in [0.1, 0.15) is 23.2 Å². The summed E-state index contributed by atoms with van der Waals surface area (Å²) in [6, 6.07) is 1.64. The van der Waals surface area contributed by atoms with Gasteiger partial charge in [0.1, 0.15) is 0 Å². The molecule has 0 bridgehead atoms. The second-order valence-corrected chi connectivity index (χ2v) is 4.43. The minimum atomic E-state index is -1.23. The van der Waals surface area contributed by atoms with E-state index in [9.17, 15) is 14.7 Å². The largest absolute Gasteiger partial charge is 0.479 e. The van der Waals surface area contributed by atoms with E-state index in [1.807, 2.05) is 0 Å². The number of hydrogen-bond acceptors (Lipinski definition) is 3. The van der Waals surface area contributed by atoms with Crippen molar-refractivity contribution >= 4 is 11.9 Å². The topological polar surface area (TPSA) is 82.6 Å². The first-order valence-corrected chi connectivity index (χ1v) is 5.79. The fourth-order valence-electron chi connectivity index (χ4n) is 2.46. The van der Waals surface area contributed by atoms with Crippen LogP contribution in [0.3, 0.4) is 0 Å². The lowest BCUT2D eigenvalue weighted by atomic mass is 9.97. The lowest BCUT2D eigenvalue weighted by Gasteiger charge is -2.33. The number of nitrogens with one attached hydrogen (secondary N) is 1. The Bertz CT molecular complexity index is 443. The maximum Gasteiger partial charge on any atom is 0.332 e. The number of aromatic nitrogens is 1. The van der Waals surface area contributed by atoms with Crippen molar-refractivity contribution in [1.29, 1.82) is 0 Å². The molecule has 1 aliphatic rings. The number of carboxylic acids is 1. The average Bonchev–Trinajstić information content (AvgIpc) is 2.98. The van der Waals surface area contributed by atoms with Crippen LogP contribution in [0.15, 0.2) is 18.5 Å². The number of likely N-dealkylation sites (tertiary alicyclic amines) is 1. The van der Waals surface area contributed by atoms with E-state index in [-0.39, 0.29) is 12.5 Å². The van der Waals surface area contributed by atoms with Crippen LogP contribution in [0.2, 0.25) is 0 Å². The van der Waals surface area contributed by atoms with Crippen LogP contribution < -0.4 is 0 Å². The number of methoxy groups -OCH3 is 1. The van der Waals surface area contributed by atoms with Crippen molar-refractivity contribution in [3.8, 4) is 0 Å². The molecule has 1 aromatic rings. The van der Waals surface area contributed by atoms with Crippen molar-refractivity contribution in [2.24, 2.45) is 0 Å². The number of amides is 1. The zero-order valence-corrected chi connectivity index (χ0v) is 10.2. The Morgan fingerprint density at radius 1 is 1.61 bits per heavy atom. The van der Waals surface area contributed by atoms with Crippen molar-refractivity contribution < 1.29 is 19.4 Å². The first-order chi connectivity index (χ1) is 8.62. The number of H-pyrrole nitrogens is 1. The number of carbonyl (C=O) groups excluding carboxylic acids is 1. The van der Waals surface area contributed by atoms with Gasteiger partial charge < -0.3 is 19.7 Å². The Kier molecular flexibility index (Phi) is 3.38. The van der Waals surface area contributed by atoms with Gasteiger partial charge in [0.2, 0.25) is 0 Å². The van der Waals surface area contributed by atoms with E-state index < -0.39 is 11.5 Å². The van der Waals surface area contributed by atoms with Gasteiger partial charge in [-0.15, -0.1) is 0 Å². The third-order valence-corrected chi connectivity index (χ3v) is 3.36. The fraction of sp³-hybridized carbons (Fsp3) is 0.500. The molecule has 2 N–H and O–H groups in total. The Balaban J connectivity index is 2.30. The predicted octanol–water partition coefficient (Wildman–Crippen LogP) is 0.720. The maximum absolute atomic E-state index is 12.3. The third-order valence-electron chi connectivity index (χ3n) is 3.36. The number of hydrogen-bond donors (Lipinski definition) is 2. The van der Waals surface area contributed by atoms with Crippen LogP contribution in [0.5, 0.6) is 0 Å². The number of carboxylic acid groups (broad SMARTS) is 1. The summed E-state index contributed by atoms with van der Waals surface area (Å²) < 4.78 is 5.01. The number of nitrogens with zero attached hydrogens (tertiary/aromatic N) is 1. The summed E-state index contributed by atoms with van der Waals surface area (Å²) in [6.07, 6.45) is 4.31. The maximum atomic E-state index is 12.3. The highest BCUT2D eigenvalue weighted by Gasteiger charge is 2.50. The first kappa shape index (κ1) is 12.6. The number of ether oxygens (including phenoxy) is 1. The molecule has 98 valence electrons. The summed E-state index contributed by atoms with van der Waals surface area (Å²) in [5.74, 6) is -1.28. The molecule has 0 saturated carbocycles. The molecule has 1 atom stereocenters. The van der Waals surface area contributed by atoms with Gasteiger partial charge in [-0.3, -0.25) is 4.79 Å². The highest BCUT2D eigenvalue weighted by atomic mass is 16.5. The van der Waals surface area contributed by atoms with E-state index >= 15 is 0 Å². The first-order valence-electron chi connectivity index (χ1n) is 5.79. The summed E-state index contributed by atoms with van der Waals surface area (Å²) in [5, 5.41) is 9.43. The monoisotopic (exact) mass is 252 g/mol. The molecule has 1 fully saturated rings. The molecule has 0 aliphatic carbocycles. The Hall–Kier alpha value is -1.82. The highest BCUT2D eigenvalue weighted by Crippen LogP contribution is 2.31. The number of aromatic amines is 1. The zero-order valence-electron chi connectivity index (χ0n) is 10.2. The third kappa shape index (κ3) is 1.88. The van der Waals surface area contributed by atoms with Crippen molar-refractivity contribution in [3.63, 3.8) is 0 Å². The average molecular weight is 252 g/mol. The molecule has 2 heterocycles. The number of aliphatic carboxylic acids is 1. The number of carbonyl (C=O) groups is 2. The standard InChI is InChI=1S/C12H16N2O4/c1-18-8-12(11(16)17)4-2-6-14(12)10(15)9-3-5-13-7-9/h3,5,7,13H,2,4,6,8H2,1H3,(H,16,17). The summed E-state index contributed by atoms with van der Waals surface area (Å²) in [6.45, 7) is 0.457. The van der Waals surface area contributed by atoms with Crippen LogP contribution in [0, 0.1) is 0 Å². The molecule has 1 saturated heterocycles. The molecule has 1 unspecified atom stereocenters. The minimum Gasteiger partial charge on any atom is -0.479 e. The van der Waals surface area contributed by atoms with Gasteiger partial charge in [-0.25, -0.2) is 4.79 Å². The molecular formula is C12H16N2O4. The summed E-state index contributed by atoms with van der Waals surface area (Å²) in [4.78, 5) is 28.0. The molecule has 6 heteroatoms. The Morgan fingerprint density at radius 2 is 2.39 bits per heavy atom. The quantitative estimate of drug-likeness (QED) is 0.827. The van der Waals surface area contributed by atoms with Crippen molar-refractivity contribution in [2.45, 2.75) is 18.4 Å². The smallest absolute Gasteiger partial charge is 0.332 e. The van der Waals surface area contributed by atoms with E-state index in [0.717, 1.165) is 0 Å². The molecule has 1 aromatic heterocycles. The predicted molar refractivity (Wildman–Crippen MR) is 63.3 cm³/mol. The van der Waals surface area contributed by atoms with Gasteiger partial charge in [-0.05, 0) is 18.9 Å². The van der Waals surface area contributed by atoms with Crippen LogP contribution in [-0.2, 0) is 9.53 Å². The van der Waals surface area contributed by atoms with Gasteiger partial charge >= 0.3 is 5.97 Å². The van der Waals surface area contributed by atoms with Crippen molar-refractivity contribution in [3.05, 3.63) is 24.0 Å². The van der Waals surface area contributed by atoms with Gasteiger partial charge in [0.25, 0.3) is 5.91 Å². The van der Waals surface area contributed by atoms with Gasteiger partial charge in [-0.2, -0.15) is 0 Å². The molecular weight excluding hydrogens is 236 g/mol. The van der Waals surface area contributed by atoms with E-state index in [4.69, 9.17) is 4.74 Å². The lowest BCUT2D eigenvalue weighted by molar-refractivity contribution is -0.151. The van der Waals surface area contributed by atoms with E-state index in [1.165, 1.54) is 12.0 Å². The van der Waals surface area contributed by atoms with Crippen molar-refractivity contribution in [1.82, 2.24) is 9.88 Å². The van der Waals surface area contributed by atoms with Crippen LogP contribution in [0.4, 0.5) is 0 Å². The van der Waals surface area contributed by atoms with Gasteiger partial charge in [0.05, 0.1) is 12.2 Å². The van der Waals surface area contributed by atoms with E-state index in [2.05, 4.69) is 4.98 Å². The summed E-state index contributed by atoms with van der Waals surface area (Å²) in [5.41, 5.74) is -0.762.